The Bertz CT molecular complexity index is 1490. The fourth-order valence-electron chi connectivity index (χ4n) is 3.08. The van der Waals surface area contributed by atoms with Gasteiger partial charge in [0.25, 0.3) is 0 Å². The molecule has 3 aliphatic heterocycles. The second-order valence-electron chi connectivity index (χ2n) is 11.0. The van der Waals surface area contributed by atoms with Crippen molar-refractivity contribution in [3.8, 4) is 0 Å². The summed E-state index contributed by atoms with van der Waals surface area (Å²) in [4.78, 5) is 128. The highest BCUT2D eigenvalue weighted by atomic mass is 17.4. The van der Waals surface area contributed by atoms with E-state index in [0.717, 1.165) is 13.1 Å². The number of Topliss-reactive ketones (excluding diaryl/α,β-unsaturated/α-hetero) is 6. The van der Waals surface area contributed by atoms with Crippen LogP contribution in [0.4, 0.5) is 0 Å². The molecule has 3 unspecified atom stereocenters. The van der Waals surface area contributed by atoms with E-state index in [9.17, 15) is 57.8 Å². The molecule has 6 N–H and O–H groups in total. The first-order valence-electron chi connectivity index (χ1n) is 15.6. The molecule has 316 valence electrons. The van der Waals surface area contributed by atoms with Crippen molar-refractivity contribution in [1.82, 2.24) is 6.15 Å². The van der Waals surface area contributed by atoms with E-state index >= 15 is 0 Å². The third kappa shape index (κ3) is 32.8. The molecule has 3 aliphatic rings. The fourth-order valence-corrected chi connectivity index (χ4v) is 3.08. The van der Waals surface area contributed by atoms with Gasteiger partial charge in [-0.2, -0.15) is 19.4 Å². The Morgan fingerprint density at radius 3 is 1.61 bits per heavy atom. The molecule has 0 spiro atoms. The number of hydrogen-bond donors (Lipinski definition) is 2. The summed E-state index contributed by atoms with van der Waals surface area (Å²) in [5.41, 5.74) is 15.9. The second kappa shape index (κ2) is 32.6. The Balaban J connectivity index is -0.000000189. The van der Waals surface area contributed by atoms with Crippen molar-refractivity contribution in [3.05, 3.63) is 11.1 Å². The van der Waals surface area contributed by atoms with E-state index in [2.05, 4.69) is 28.8 Å². The molecule has 3 heterocycles. The van der Waals surface area contributed by atoms with E-state index in [0.29, 0.717) is 19.1 Å². The average molecular weight is 807 g/mol. The van der Waals surface area contributed by atoms with Crippen LogP contribution in [0.2, 0.25) is 0 Å². The highest BCUT2D eigenvalue weighted by molar-refractivity contribution is 6.39. The molecule has 0 aromatic rings. The summed E-state index contributed by atoms with van der Waals surface area (Å²) < 4.78 is 13.6. The number of aldehydes is 1. The molecule has 0 bridgehead atoms. The van der Waals surface area contributed by atoms with Crippen LogP contribution in [-0.4, -0.2) is 128 Å². The zero-order valence-electron chi connectivity index (χ0n) is 31.9. The average Bonchev–Trinajstić information content (AvgIpc) is 3.39. The summed E-state index contributed by atoms with van der Waals surface area (Å²) in [6.45, 7) is 8.47. The Morgan fingerprint density at radius 1 is 0.893 bits per heavy atom. The smallest absolute Gasteiger partial charge is 0.374 e. The minimum atomic E-state index is -1.51. The molecule has 3 atom stereocenters. The van der Waals surface area contributed by atoms with Crippen molar-refractivity contribution in [2.75, 3.05) is 7.11 Å². The predicted octanol–water partition coefficient (Wildman–Crippen LogP) is -2.13. The Labute approximate surface area is 320 Å². The number of aliphatic carboxylic acids is 1. The Hall–Kier alpha value is -5.87. The van der Waals surface area contributed by atoms with Crippen molar-refractivity contribution in [3.63, 3.8) is 0 Å². The number of hydrogen-bond acceptors (Lipinski definition) is 19. The molecule has 0 aromatic heterocycles. The maximum Gasteiger partial charge on any atom is 0.374 e. The van der Waals surface area contributed by atoms with Gasteiger partial charge in [0, 0.05) is 65.8 Å². The summed E-state index contributed by atoms with van der Waals surface area (Å²) in [6, 6.07) is 0. The van der Waals surface area contributed by atoms with E-state index in [1.807, 2.05) is 13.8 Å². The lowest BCUT2D eigenvalue weighted by Crippen LogP contribution is -2.30. The largest absolute Gasteiger partial charge is 0.550 e. The van der Waals surface area contributed by atoms with Gasteiger partial charge in [0.05, 0.1) is 13.5 Å². The number of aliphatic hydroxyl groups excluding tert-OH is 1. The summed E-state index contributed by atoms with van der Waals surface area (Å²) in [5.74, 6) is -6.22. The number of carboxylic acid groups (broad SMARTS) is 1. The number of carbonyl (C=O) groups is 11. The molecule has 3 fully saturated rings. The van der Waals surface area contributed by atoms with Gasteiger partial charge in [-0.25, -0.2) is 0 Å². The third-order valence-corrected chi connectivity index (χ3v) is 5.80. The van der Waals surface area contributed by atoms with E-state index in [4.69, 9.17) is 20.9 Å². The van der Waals surface area contributed by atoms with Crippen LogP contribution in [0.25, 0.3) is 11.1 Å². The van der Waals surface area contributed by atoms with Crippen LogP contribution in [0.5, 0.6) is 0 Å². The minimum Gasteiger partial charge on any atom is -0.550 e. The fraction of sp³-hybridized carbons (Fsp3) is 0.594. The van der Waals surface area contributed by atoms with Gasteiger partial charge in [-0.1, -0.05) is 0 Å². The predicted molar refractivity (Wildman–Crippen MR) is 182 cm³/mol. The molecular formula is C32H48N5O19-. The van der Waals surface area contributed by atoms with Crippen LogP contribution in [-0.2, 0) is 76.7 Å². The normalized spacial score (nSPS) is 16.2. The van der Waals surface area contributed by atoms with E-state index in [1.165, 1.54) is 27.9 Å². The molecule has 0 radical (unpaired) electrons. The van der Waals surface area contributed by atoms with Gasteiger partial charge in [0.15, 0.2) is 17.7 Å². The first kappa shape index (κ1) is 59.4. The number of nitrogens with zero attached hydrogens (tertiary/aromatic N) is 4. The molecule has 56 heavy (non-hydrogen) atoms. The molecule has 0 saturated carbocycles. The van der Waals surface area contributed by atoms with Crippen molar-refractivity contribution in [2.45, 2.75) is 117 Å². The van der Waals surface area contributed by atoms with Crippen LogP contribution < -0.4 is 11.3 Å². The van der Waals surface area contributed by atoms with Gasteiger partial charge in [0.1, 0.15) is 12.4 Å². The number of carboxylic acids is 1. The standard InChI is InChI=1S/C7H8N2O3.C7H10O5.C7H8O4.C5H8O3.C3H4N2O.C3H6O2.H3N.H2O/c1-4(10)7(9-8)5-2-3-6(11)12-5;1-4(8)7(12)5(9)2-3-6(10)11;1-4(8)7(10)5-2-3-6(9)11-5;1-8-5(7)3-2-4-6;1-3(6)2-5-4;1-3(2)4-5-3;;/h5H,2-3H2,1H3;5,9H,2-3H2,1H3,(H,10,11);5H,2-3H2,1H3;4H,2-3H2,1H3;2H,1H3;1-2H3;1H3;1H2/p-1. The van der Waals surface area contributed by atoms with E-state index in [-0.39, 0.29) is 78.7 Å². The number of carbonyl (C=O) groups excluding carboxylic acids is 11. The Kier molecular flexibility index (Phi) is 34.5. The summed E-state index contributed by atoms with van der Waals surface area (Å²) in [6.07, 6.45) is -0.430. The number of ketones is 6. The Morgan fingerprint density at radius 2 is 1.36 bits per heavy atom. The summed E-state index contributed by atoms with van der Waals surface area (Å²) in [7, 11) is 1.30. The number of ether oxygens (including phenoxy) is 3. The number of aliphatic hydroxyl groups is 1. The molecule has 0 aromatic carbocycles. The van der Waals surface area contributed by atoms with Crippen LogP contribution in [0.15, 0.2) is 0 Å². The van der Waals surface area contributed by atoms with Crippen LogP contribution >= 0.6 is 0 Å². The monoisotopic (exact) mass is 806 g/mol. The van der Waals surface area contributed by atoms with Gasteiger partial charge in [-0.05, 0) is 26.7 Å². The molecular weight excluding hydrogens is 758 g/mol. The highest BCUT2D eigenvalue weighted by Crippen LogP contribution is 2.26. The van der Waals surface area contributed by atoms with E-state index < -0.39 is 59.8 Å². The molecule has 0 amide bonds. The first-order chi connectivity index (χ1) is 25.0. The number of cyclic esters (lactones) is 2. The summed E-state index contributed by atoms with van der Waals surface area (Å²) in [5, 5.41) is 18.8. The van der Waals surface area contributed by atoms with Gasteiger partial charge in [-0.3, -0.25) is 43.2 Å². The van der Waals surface area contributed by atoms with Crippen LogP contribution in [0.3, 0.4) is 0 Å². The molecule has 3 rings (SSSR count). The summed E-state index contributed by atoms with van der Waals surface area (Å²) >= 11 is 0. The molecule has 0 aliphatic carbocycles. The second-order valence-corrected chi connectivity index (χ2v) is 11.0. The zero-order chi connectivity index (χ0) is 42.6. The van der Waals surface area contributed by atoms with Crippen LogP contribution in [0.1, 0.15) is 92.9 Å². The lowest BCUT2D eigenvalue weighted by Gasteiger charge is -2.06. The van der Waals surface area contributed by atoms with Crippen molar-refractivity contribution < 1.29 is 102 Å². The third-order valence-electron chi connectivity index (χ3n) is 5.80. The van der Waals surface area contributed by atoms with Crippen LogP contribution in [0, 0.1) is 0 Å². The topological polar surface area (TPSA) is 423 Å². The van der Waals surface area contributed by atoms with Crippen molar-refractivity contribution in [1.29, 1.82) is 0 Å². The lowest BCUT2D eigenvalue weighted by molar-refractivity contribution is -0.306. The van der Waals surface area contributed by atoms with Crippen molar-refractivity contribution in [2.24, 2.45) is 0 Å². The SMILES string of the molecule is CC(=O)C(=O)C(O)CCC(=O)[O-].CC(=O)C(=O)C1CCC(=O)O1.CC(=O)C(=[N+]=[N-])C1CCC(=O)O1.CC(=O)C=[N+]=[N-].CC1(C)OO1.COC(=O)CCC=O.N.O. The number of methoxy groups -OCH3 is 1. The maximum absolute atomic E-state index is 10.9. The molecule has 24 heteroatoms. The van der Waals surface area contributed by atoms with E-state index in [1.54, 1.807) is 0 Å². The number of rotatable bonds is 13. The molecule has 3 saturated heterocycles. The van der Waals surface area contributed by atoms with Gasteiger partial charge >= 0.3 is 29.8 Å². The van der Waals surface area contributed by atoms with Gasteiger partial charge in [0.2, 0.25) is 35.0 Å². The van der Waals surface area contributed by atoms with Gasteiger partial charge in [-0.15, -0.1) is 0 Å². The highest BCUT2D eigenvalue weighted by Gasteiger charge is 2.37. The first-order valence-corrected chi connectivity index (χ1v) is 15.6. The minimum absolute atomic E-state index is 0. The quantitative estimate of drug-likeness (QED) is 0.0231. The zero-order valence-corrected chi connectivity index (χ0v) is 31.9. The van der Waals surface area contributed by atoms with Gasteiger partial charge < -0.3 is 56.7 Å². The molecule has 24 nitrogen and oxygen atoms in total. The lowest BCUT2D eigenvalue weighted by atomic mass is 10.1. The van der Waals surface area contributed by atoms with Crippen molar-refractivity contribution >= 4 is 76.8 Å². The maximum atomic E-state index is 10.9. The number of esters is 3.